The van der Waals surface area contributed by atoms with Crippen molar-refractivity contribution in [3.8, 4) is 11.1 Å². The normalized spacial score (nSPS) is 13.9. The largest absolute Gasteiger partial charge is 0.406 e. The van der Waals surface area contributed by atoms with Gasteiger partial charge in [0.15, 0.2) is 0 Å². The van der Waals surface area contributed by atoms with Gasteiger partial charge in [-0.25, -0.2) is 0 Å². The van der Waals surface area contributed by atoms with Gasteiger partial charge in [-0.2, -0.15) is 13.2 Å². The lowest BCUT2D eigenvalue weighted by molar-refractivity contribution is -0.118. The fourth-order valence-electron chi connectivity index (χ4n) is 5.59. The maximum Gasteiger partial charge on any atom is 0.406 e. The molecule has 164 valence electrons. The first-order valence-corrected chi connectivity index (χ1v) is 11.0. The van der Waals surface area contributed by atoms with Gasteiger partial charge in [-0.1, -0.05) is 72.8 Å². The number of amides is 1. The third kappa shape index (κ3) is 2.55. The average Bonchev–Trinajstić information content (AvgIpc) is 3.09. The summed E-state index contributed by atoms with van der Waals surface area (Å²) in [6.45, 7) is -1.30. The van der Waals surface area contributed by atoms with Crippen LogP contribution in [0.4, 0.5) is 18.9 Å². The van der Waals surface area contributed by atoms with Gasteiger partial charge in [0.05, 0.1) is 5.69 Å². The van der Waals surface area contributed by atoms with Crippen LogP contribution in [-0.4, -0.2) is 18.6 Å². The molecule has 1 amide bonds. The molecule has 1 aliphatic heterocycles. The zero-order valence-electron chi connectivity index (χ0n) is 17.8. The molecule has 34 heavy (non-hydrogen) atoms. The molecule has 0 spiro atoms. The van der Waals surface area contributed by atoms with E-state index in [1.807, 2.05) is 12.1 Å². The Balaban J connectivity index is 1.53. The fraction of sp³-hybridized carbons (Fsp3) is 0.0690. The van der Waals surface area contributed by atoms with Crippen LogP contribution in [0.15, 0.2) is 84.9 Å². The average molecular weight is 451 g/mol. The molecule has 0 bridgehead atoms. The number of rotatable bonds is 2. The minimum absolute atomic E-state index is 0.314. The summed E-state index contributed by atoms with van der Waals surface area (Å²) in [7, 11) is 0. The van der Waals surface area contributed by atoms with E-state index in [-0.39, 0.29) is 0 Å². The first-order chi connectivity index (χ1) is 16.4. The number of benzene rings is 6. The molecule has 1 aliphatic rings. The lowest BCUT2D eigenvalue weighted by Gasteiger charge is -2.20. The molecule has 6 aromatic carbocycles. The van der Waals surface area contributed by atoms with Gasteiger partial charge in [-0.15, -0.1) is 0 Å². The van der Waals surface area contributed by atoms with Crippen LogP contribution in [0.25, 0.3) is 54.2 Å². The van der Waals surface area contributed by atoms with Crippen molar-refractivity contribution in [2.24, 2.45) is 0 Å². The molecule has 0 fully saturated rings. The molecular formula is C29H16F3NO. The van der Waals surface area contributed by atoms with E-state index >= 15 is 0 Å². The van der Waals surface area contributed by atoms with E-state index in [9.17, 15) is 18.0 Å². The maximum atomic E-state index is 13.2. The molecule has 0 saturated heterocycles. The van der Waals surface area contributed by atoms with Crippen molar-refractivity contribution in [1.29, 1.82) is 0 Å². The van der Waals surface area contributed by atoms with Gasteiger partial charge in [-0.05, 0) is 61.0 Å². The van der Waals surface area contributed by atoms with Crippen LogP contribution >= 0.6 is 0 Å². The van der Waals surface area contributed by atoms with E-state index in [0.717, 1.165) is 32.2 Å². The smallest absolute Gasteiger partial charge is 0.299 e. The summed E-state index contributed by atoms with van der Waals surface area (Å²) in [6, 6.07) is 27.6. The summed E-state index contributed by atoms with van der Waals surface area (Å²) in [6.07, 6.45) is -4.48. The van der Waals surface area contributed by atoms with Crippen molar-refractivity contribution in [3.05, 3.63) is 90.5 Å². The van der Waals surface area contributed by atoms with Gasteiger partial charge < -0.3 is 0 Å². The number of nitrogens with zero attached hydrogens (tertiary/aromatic N) is 1. The predicted octanol–water partition coefficient (Wildman–Crippen LogP) is 7.93. The van der Waals surface area contributed by atoms with Gasteiger partial charge in [0.25, 0.3) is 5.91 Å². The van der Waals surface area contributed by atoms with Crippen molar-refractivity contribution in [3.63, 3.8) is 0 Å². The Morgan fingerprint density at radius 2 is 1.18 bits per heavy atom. The van der Waals surface area contributed by atoms with Crippen LogP contribution in [0.2, 0.25) is 0 Å². The van der Waals surface area contributed by atoms with Crippen molar-refractivity contribution < 1.29 is 18.0 Å². The minimum Gasteiger partial charge on any atom is -0.299 e. The molecular weight excluding hydrogens is 435 g/mol. The lowest BCUT2D eigenvalue weighted by Crippen LogP contribution is -2.36. The highest BCUT2D eigenvalue weighted by molar-refractivity contribution is 6.29. The molecule has 6 aromatic rings. The van der Waals surface area contributed by atoms with Crippen molar-refractivity contribution in [2.45, 2.75) is 6.18 Å². The van der Waals surface area contributed by atoms with Gasteiger partial charge in [0.1, 0.15) is 6.54 Å². The first-order valence-electron chi connectivity index (χ1n) is 11.0. The molecule has 7 rings (SSSR count). The summed E-state index contributed by atoms with van der Waals surface area (Å²) in [5, 5.41) is 8.30. The number of hydrogen-bond donors (Lipinski definition) is 0. The van der Waals surface area contributed by atoms with Gasteiger partial charge in [0.2, 0.25) is 0 Å². The number of alkyl halides is 3. The molecule has 0 aromatic heterocycles. The molecule has 0 saturated carbocycles. The Morgan fingerprint density at radius 1 is 0.588 bits per heavy atom. The second-order valence-electron chi connectivity index (χ2n) is 8.84. The molecule has 0 atom stereocenters. The van der Waals surface area contributed by atoms with Crippen LogP contribution < -0.4 is 4.90 Å². The number of hydrogen-bond acceptors (Lipinski definition) is 1. The Bertz CT molecular complexity index is 1790. The number of carbonyl (C=O) groups is 1. The van der Waals surface area contributed by atoms with Gasteiger partial charge >= 0.3 is 6.18 Å². The number of anilines is 1. The van der Waals surface area contributed by atoms with E-state index in [1.165, 1.54) is 21.5 Å². The minimum atomic E-state index is -4.48. The van der Waals surface area contributed by atoms with E-state index in [1.54, 1.807) is 18.2 Å². The highest BCUT2D eigenvalue weighted by atomic mass is 19.4. The van der Waals surface area contributed by atoms with E-state index in [4.69, 9.17) is 0 Å². The maximum absolute atomic E-state index is 13.2. The van der Waals surface area contributed by atoms with Gasteiger partial charge in [0, 0.05) is 10.9 Å². The first kappa shape index (κ1) is 19.4. The monoisotopic (exact) mass is 451 g/mol. The summed E-state index contributed by atoms with van der Waals surface area (Å²) < 4.78 is 39.6. The second kappa shape index (κ2) is 6.48. The third-order valence-electron chi connectivity index (χ3n) is 6.94. The van der Waals surface area contributed by atoms with E-state index < -0.39 is 18.6 Å². The summed E-state index contributed by atoms with van der Waals surface area (Å²) in [5.41, 5.74) is 2.53. The fourth-order valence-corrected chi connectivity index (χ4v) is 5.59. The second-order valence-corrected chi connectivity index (χ2v) is 8.84. The SMILES string of the molecule is O=C1c2cccc3c(-c4ccc5ccc6cccc7ccc4c5c67)ccc(c23)N1CC(F)(F)F. The van der Waals surface area contributed by atoms with Crippen LogP contribution in [0.5, 0.6) is 0 Å². The Hall–Kier alpha value is -4.12. The Morgan fingerprint density at radius 3 is 1.91 bits per heavy atom. The molecule has 0 aliphatic carbocycles. The summed E-state index contributed by atoms with van der Waals surface area (Å²) >= 11 is 0. The predicted molar refractivity (Wildman–Crippen MR) is 131 cm³/mol. The topological polar surface area (TPSA) is 20.3 Å². The quantitative estimate of drug-likeness (QED) is 0.245. The molecule has 0 unspecified atom stereocenters. The Labute approximate surface area is 192 Å². The third-order valence-corrected chi connectivity index (χ3v) is 6.94. The number of halogens is 3. The summed E-state index contributed by atoms with van der Waals surface area (Å²) in [5.74, 6) is -0.606. The van der Waals surface area contributed by atoms with Crippen LogP contribution in [0.1, 0.15) is 10.4 Å². The molecule has 1 heterocycles. The Kier molecular flexibility index (Phi) is 3.69. The molecule has 0 N–H and O–H groups in total. The van der Waals surface area contributed by atoms with E-state index in [0.29, 0.717) is 16.6 Å². The lowest BCUT2D eigenvalue weighted by atomic mass is 9.88. The van der Waals surface area contributed by atoms with Crippen LogP contribution in [-0.2, 0) is 0 Å². The zero-order valence-corrected chi connectivity index (χ0v) is 17.8. The summed E-state index contributed by atoms with van der Waals surface area (Å²) in [4.78, 5) is 13.7. The molecule has 5 heteroatoms. The number of carbonyl (C=O) groups excluding carboxylic acids is 1. The van der Waals surface area contributed by atoms with Crippen LogP contribution in [0, 0.1) is 0 Å². The molecule has 2 nitrogen and oxygen atoms in total. The van der Waals surface area contributed by atoms with Crippen LogP contribution in [0.3, 0.4) is 0 Å². The van der Waals surface area contributed by atoms with Crippen molar-refractivity contribution >= 4 is 54.7 Å². The standard InChI is InChI=1S/C29H16F3NO/c30-29(31,32)15-33-24-14-13-20(21-5-2-6-23(27(21)24)28(33)34)19-11-9-18-8-7-16-3-1-4-17-10-12-22(19)26(18)25(16)17/h1-14H,15H2. The van der Waals surface area contributed by atoms with Gasteiger partial charge in [-0.3, -0.25) is 9.69 Å². The van der Waals surface area contributed by atoms with Crippen molar-refractivity contribution in [1.82, 2.24) is 0 Å². The zero-order chi connectivity index (χ0) is 23.2. The molecule has 0 radical (unpaired) electrons. The van der Waals surface area contributed by atoms with E-state index in [2.05, 4.69) is 54.6 Å². The van der Waals surface area contributed by atoms with Crippen molar-refractivity contribution in [2.75, 3.05) is 11.4 Å². The highest BCUT2D eigenvalue weighted by Crippen LogP contribution is 2.45. The highest BCUT2D eigenvalue weighted by Gasteiger charge is 2.39.